The van der Waals surface area contributed by atoms with Crippen molar-refractivity contribution >= 4 is 43.2 Å². The predicted octanol–water partition coefficient (Wildman–Crippen LogP) is 2.94. The van der Waals surface area contributed by atoms with Crippen LogP contribution >= 0.6 is 11.3 Å². The molecule has 0 saturated carbocycles. The van der Waals surface area contributed by atoms with Crippen molar-refractivity contribution in [3.63, 3.8) is 0 Å². The van der Waals surface area contributed by atoms with Gasteiger partial charge < -0.3 is 10.0 Å². The van der Waals surface area contributed by atoms with Crippen LogP contribution in [0.2, 0.25) is 0 Å². The lowest BCUT2D eigenvalue weighted by Gasteiger charge is -2.37. The number of nitrogens with zero attached hydrogens (tertiary/aromatic N) is 3. The number of aromatic nitrogens is 3. The molecule has 1 aliphatic heterocycles. The number of rotatable bonds is 5. The van der Waals surface area contributed by atoms with Crippen molar-refractivity contribution in [2.24, 2.45) is 0 Å². The molecule has 0 bridgehead atoms. The second-order valence-corrected chi connectivity index (χ2v) is 10.5. The number of aliphatic hydroxyl groups is 1. The van der Waals surface area contributed by atoms with E-state index in [4.69, 9.17) is 0 Å². The van der Waals surface area contributed by atoms with E-state index in [-0.39, 0.29) is 10.8 Å². The van der Waals surface area contributed by atoms with Crippen LogP contribution in [0, 0.1) is 0 Å². The molecule has 0 aliphatic carbocycles. The predicted molar refractivity (Wildman–Crippen MR) is 124 cm³/mol. The number of carbonyl (C=O) groups excluding carboxylic acids is 1. The SMILES string of the molecule is O=C(c1ccc(NS(=O)(=O)c2cccc3scnc23)cc1)N1CCC(O)(c2cn[nH]c2)CC1. The number of likely N-dealkylation sites (tertiary alicyclic amines) is 1. The van der Waals surface area contributed by atoms with Gasteiger partial charge in [-0.3, -0.25) is 14.6 Å². The topological polar surface area (TPSA) is 128 Å². The number of benzene rings is 2. The van der Waals surface area contributed by atoms with E-state index in [1.165, 1.54) is 17.4 Å². The van der Waals surface area contributed by atoms with Gasteiger partial charge in [0.05, 0.1) is 22.0 Å². The first kappa shape index (κ1) is 21.6. The zero-order valence-corrected chi connectivity index (χ0v) is 19.1. The second-order valence-electron chi connectivity index (χ2n) is 7.95. The van der Waals surface area contributed by atoms with Crippen LogP contribution in [0.5, 0.6) is 0 Å². The van der Waals surface area contributed by atoms with Gasteiger partial charge in [0.15, 0.2) is 0 Å². The van der Waals surface area contributed by atoms with Crippen LogP contribution in [0.25, 0.3) is 10.2 Å². The van der Waals surface area contributed by atoms with Crippen molar-refractivity contribution in [3.05, 3.63) is 71.5 Å². The molecule has 0 unspecified atom stereocenters. The van der Waals surface area contributed by atoms with Gasteiger partial charge in [-0.1, -0.05) is 6.07 Å². The molecule has 5 rings (SSSR count). The summed E-state index contributed by atoms with van der Waals surface area (Å²) in [7, 11) is -3.83. The maximum atomic E-state index is 12.9. The number of sulfonamides is 1. The van der Waals surface area contributed by atoms with Crippen molar-refractivity contribution in [1.82, 2.24) is 20.1 Å². The van der Waals surface area contributed by atoms with Gasteiger partial charge in [0.2, 0.25) is 0 Å². The smallest absolute Gasteiger partial charge is 0.264 e. The van der Waals surface area contributed by atoms with Crippen LogP contribution < -0.4 is 4.72 Å². The first-order valence-electron chi connectivity index (χ1n) is 10.3. The van der Waals surface area contributed by atoms with Crippen LogP contribution in [-0.2, 0) is 15.6 Å². The van der Waals surface area contributed by atoms with Gasteiger partial charge in [-0.2, -0.15) is 5.10 Å². The summed E-state index contributed by atoms with van der Waals surface area (Å²) in [5.41, 5.74) is 2.58. The maximum absolute atomic E-state index is 12.9. The molecule has 3 N–H and O–H groups in total. The van der Waals surface area contributed by atoms with E-state index in [2.05, 4.69) is 19.9 Å². The average molecular weight is 484 g/mol. The lowest BCUT2D eigenvalue weighted by Crippen LogP contribution is -2.45. The molecule has 9 nitrogen and oxygen atoms in total. The van der Waals surface area contributed by atoms with E-state index in [0.717, 1.165) is 10.3 Å². The summed E-state index contributed by atoms with van der Waals surface area (Å²) in [5.74, 6) is -0.161. The number of aromatic amines is 1. The third kappa shape index (κ3) is 4.10. The highest BCUT2D eigenvalue weighted by Gasteiger charge is 2.36. The van der Waals surface area contributed by atoms with Crippen molar-refractivity contribution in [3.8, 4) is 0 Å². The van der Waals surface area contributed by atoms with Gasteiger partial charge in [-0.05, 0) is 49.2 Å². The molecule has 11 heteroatoms. The Labute approximate surface area is 194 Å². The zero-order chi connectivity index (χ0) is 23.1. The van der Waals surface area contributed by atoms with E-state index < -0.39 is 15.6 Å². The van der Waals surface area contributed by atoms with Gasteiger partial charge in [0.25, 0.3) is 15.9 Å². The van der Waals surface area contributed by atoms with Crippen molar-refractivity contribution in [2.75, 3.05) is 17.8 Å². The summed E-state index contributed by atoms with van der Waals surface area (Å²) in [6, 6.07) is 11.4. The van der Waals surface area contributed by atoms with E-state index in [1.54, 1.807) is 53.1 Å². The van der Waals surface area contributed by atoms with Crippen LogP contribution in [0.3, 0.4) is 0 Å². The minimum Gasteiger partial charge on any atom is -0.385 e. The summed E-state index contributed by atoms with van der Waals surface area (Å²) < 4.78 is 29.1. The number of H-pyrrole nitrogens is 1. The van der Waals surface area contributed by atoms with Crippen LogP contribution in [0.1, 0.15) is 28.8 Å². The Morgan fingerprint density at radius 1 is 1.15 bits per heavy atom. The van der Waals surface area contributed by atoms with Crippen LogP contribution in [-0.4, -0.2) is 52.6 Å². The highest BCUT2D eigenvalue weighted by molar-refractivity contribution is 7.93. The molecule has 1 saturated heterocycles. The number of nitrogens with one attached hydrogen (secondary N) is 2. The molecule has 0 radical (unpaired) electrons. The monoisotopic (exact) mass is 483 g/mol. The standard InChI is InChI=1S/C22H21N5O4S2/c28-21(27-10-8-22(29,9-11-27)16-12-24-25-13-16)15-4-6-17(7-5-15)26-33(30,31)19-3-1-2-18-20(19)23-14-32-18/h1-7,12-14,26,29H,8-11H2,(H,24,25). The summed E-state index contributed by atoms with van der Waals surface area (Å²) in [5, 5.41) is 17.4. The Hall–Kier alpha value is -3.28. The first-order valence-corrected chi connectivity index (χ1v) is 12.7. The lowest BCUT2D eigenvalue weighted by atomic mass is 9.86. The Morgan fingerprint density at radius 3 is 2.61 bits per heavy atom. The van der Waals surface area contributed by atoms with Gasteiger partial charge in [-0.15, -0.1) is 11.3 Å². The highest BCUT2D eigenvalue weighted by atomic mass is 32.2. The fraction of sp³-hybridized carbons (Fsp3) is 0.227. The Morgan fingerprint density at radius 2 is 1.91 bits per heavy atom. The second kappa shape index (κ2) is 8.25. The maximum Gasteiger partial charge on any atom is 0.264 e. The van der Waals surface area contributed by atoms with Crippen LogP contribution in [0.15, 0.2) is 65.3 Å². The fourth-order valence-electron chi connectivity index (χ4n) is 4.02. The largest absolute Gasteiger partial charge is 0.385 e. The van der Waals surface area contributed by atoms with E-state index in [9.17, 15) is 18.3 Å². The number of hydrogen-bond donors (Lipinski definition) is 3. The average Bonchev–Trinajstić information content (AvgIpc) is 3.52. The van der Waals surface area contributed by atoms with Crippen molar-refractivity contribution < 1.29 is 18.3 Å². The minimum atomic E-state index is -3.83. The zero-order valence-electron chi connectivity index (χ0n) is 17.4. The summed E-state index contributed by atoms with van der Waals surface area (Å²) in [6.07, 6.45) is 4.11. The number of amides is 1. The molecule has 4 aromatic rings. The molecule has 0 spiro atoms. The Bertz CT molecular complexity index is 1390. The first-order chi connectivity index (χ1) is 15.9. The highest BCUT2D eigenvalue weighted by Crippen LogP contribution is 2.33. The molecule has 33 heavy (non-hydrogen) atoms. The number of piperidine rings is 1. The molecule has 2 aromatic heterocycles. The van der Waals surface area contributed by atoms with E-state index in [1.807, 2.05) is 6.07 Å². The Balaban J connectivity index is 1.27. The van der Waals surface area contributed by atoms with Gasteiger partial charge in [0.1, 0.15) is 10.4 Å². The molecule has 1 amide bonds. The molecular weight excluding hydrogens is 462 g/mol. The van der Waals surface area contributed by atoms with Gasteiger partial charge >= 0.3 is 0 Å². The molecule has 170 valence electrons. The fourth-order valence-corrected chi connectivity index (χ4v) is 6.02. The van der Waals surface area contributed by atoms with E-state index >= 15 is 0 Å². The quantitative estimate of drug-likeness (QED) is 0.400. The summed E-state index contributed by atoms with van der Waals surface area (Å²) in [6.45, 7) is 0.819. The number of hydrogen-bond acceptors (Lipinski definition) is 7. The van der Waals surface area contributed by atoms with Gasteiger partial charge in [-0.25, -0.2) is 13.4 Å². The summed E-state index contributed by atoms with van der Waals surface area (Å²) >= 11 is 1.38. The number of para-hydroxylation sites is 1. The third-order valence-corrected chi connectivity index (χ3v) is 8.12. The molecule has 2 aromatic carbocycles. The summed E-state index contributed by atoms with van der Waals surface area (Å²) in [4.78, 5) is 18.9. The van der Waals surface area contributed by atoms with E-state index in [0.29, 0.717) is 42.7 Å². The molecule has 3 heterocycles. The molecule has 1 aliphatic rings. The normalized spacial score (nSPS) is 16.1. The lowest BCUT2D eigenvalue weighted by molar-refractivity contribution is -0.0211. The van der Waals surface area contributed by atoms with Crippen molar-refractivity contribution in [2.45, 2.75) is 23.3 Å². The Kier molecular flexibility index (Phi) is 5.39. The number of anilines is 1. The van der Waals surface area contributed by atoms with Crippen molar-refractivity contribution in [1.29, 1.82) is 0 Å². The molecule has 0 atom stereocenters. The minimum absolute atomic E-state index is 0.111. The number of fused-ring (bicyclic) bond motifs is 1. The molecular formula is C22H21N5O4S2. The number of thiazole rings is 1. The third-order valence-electron chi connectivity index (χ3n) is 5.91. The number of carbonyl (C=O) groups is 1. The molecule has 1 fully saturated rings. The van der Waals surface area contributed by atoms with Crippen LogP contribution in [0.4, 0.5) is 5.69 Å². The van der Waals surface area contributed by atoms with Gasteiger partial charge in [0, 0.05) is 36.1 Å².